The van der Waals surface area contributed by atoms with Crippen LogP contribution in [-0.2, 0) is 22.9 Å². The van der Waals surface area contributed by atoms with Crippen molar-refractivity contribution >= 4 is 21.2 Å². The molecule has 0 atom stereocenters. The number of aryl methyl sites for hydroxylation is 1. The fourth-order valence-electron chi connectivity index (χ4n) is 2.51. The maximum atomic E-state index is 11.4. The molecule has 0 radical (unpaired) electrons. The van der Waals surface area contributed by atoms with Crippen LogP contribution in [0.15, 0.2) is 6.07 Å². The average Bonchev–Trinajstić information content (AvgIpc) is 3.15. The van der Waals surface area contributed by atoms with Gasteiger partial charge in [0, 0.05) is 42.0 Å². The summed E-state index contributed by atoms with van der Waals surface area (Å²) >= 11 is 1.87. The van der Waals surface area contributed by atoms with E-state index in [1.54, 1.807) is 0 Å². The van der Waals surface area contributed by atoms with E-state index in [1.807, 2.05) is 11.3 Å². The van der Waals surface area contributed by atoms with Crippen LogP contribution in [0.25, 0.3) is 0 Å². The van der Waals surface area contributed by atoms with Crippen molar-refractivity contribution in [3.63, 3.8) is 0 Å². The molecule has 0 bridgehead atoms. The summed E-state index contributed by atoms with van der Waals surface area (Å²) in [4.78, 5) is 5.02. The molecule has 1 aliphatic heterocycles. The van der Waals surface area contributed by atoms with Crippen molar-refractivity contribution in [1.29, 1.82) is 0 Å². The summed E-state index contributed by atoms with van der Waals surface area (Å²) in [6.07, 6.45) is 2.64. The Morgan fingerprint density at radius 1 is 1.35 bits per heavy atom. The van der Waals surface area contributed by atoms with Crippen LogP contribution in [0, 0.1) is 6.92 Å². The van der Waals surface area contributed by atoms with Crippen LogP contribution < -0.4 is 5.32 Å². The van der Waals surface area contributed by atoms with Crippen LogP contribution in [0.3, 0.4) is 0 Å². The lowest BCUT2D eigenvalue weighted by Crippen LogP contribution is -2.39. The summed E-state index contributed by atoms with van der Waals surface area (Å²) in [6.45, 7) is 5.38. The van der Waals surface area contributed by atoms with Gasteiger partial charge in [0.15, 0.2) is 9.84 Å². The van der Waals surface area contributed by atoms with E-state index < -0.39 is 9.84 Å². The Morgan fingerprint density at radius 3 is 2.70 bits per heavy atom. The first-order chi connectivity index (χ1) is 9.52. The highest BCUT2D eigenvalue weighted by atomic mass is 32.2. The molecule has 2 fully saturated rings. The minimum Gasteiger partial charge on any atom is -0.309 e. The van der Waals surface area contributed by atoms with E-state index in [2.05, 4.69) is 23.2 Å². The van der Waals surface area contributed by atoms with Gasteiger partial charge in [0.25, 0.3) is 0 Å². The monoisotopic (exact) mass is 314 g/mol. The third kappa shape index (κ3) is 3.81. The summed E-state index contributed by atoms with van der Waals surface area (Å²) in [5.41, 5.74) is 1.36. The zero-order valence-electron chi connectivity index (χ0n) is 11.9. The van der Waals surface area contributed by atoms with E-state index in [0.717, 1.165) is 19.1 Å². The molecule has 1 saturated carbocycles. The first-order valence-corrected chi connectivity index (χ1v) is 9.90. The number of rotatable bonds is 5. The standard InChI is InChI=1S/C14H22N2O2S2/c1-11-12(8-14(19-11)9-15-13-2-3-13)10-16-4-6-20(17,18)7-5-16/h8,13,15H,2-7,9-10H2,1H3. The van der Waals surface area contributed by atoms with Gasteiger partial charge in [-0.1, -0.05) is 0 Å². The van der Waals surface area contributed by atoms with E-state index in [1.165, 1.54) is 28.2 Å². The molecule has 1 aromatic heterocycles. The molecule has 20 heavy (non-hydrogen) atoms. The van der Waals surface area contributed by atoms with E-state index in [4.69, 9.17) is 0 Å². The SMILES string of the molecule is Cc1sc(CNC2CC2)cc1CN1CCS(=O)(=O)CC1. The Kier molecular flexibility index (Phi) is 4.17. The molecule has 6 heteroatoms. The lowest BCUT2D eigenvalue weighted by atomic mass is 10.2. The van der Waals surface area contributed by atoms with E-state index >= 15 is 0 Å². The highest BCUT2D eigenvalue weighted by molar-refractivity contribution is 7.91. The van der Waals surface area contributed by atoms with Crippen LogP contribution in [0.1, 0.15) is 28.2 Å². The molecular formula is C14H22N2O2S2. The Hall–Kier alpha value is -0.430. The highest BCUT2D eigenvalue weighted by Crippen LogP contribution is 2.25. The lowest BCUT2D eigenvalue weighted by Gasteiger charge is -2.26. The maximum absolute atomic E-state index is 11.4. The van der Waals surface area contributed by atoms with Crippen molar-refractivity contribution in [2.75, 3.05) is 24.6 Å². The summed E-state index contributed by atoms with van der Waals surface area (Å²) < 4.78 is 22.9. The molecule has 2 heterocycles. The number of nitrogens with zero attached hydrogens (tertiary/aromatic N) is 1. The quantitative estimate of drug-likeness (QED) is 0.896. The molecule has 3 rings (SSSR count). The summed E-state index contributed by atoms with van der Waals surface area (Å²) in [5.74, 6) is 0.624. The van der Waals surface area contributed by atoms with E-state index in [0.29, 0.717) is 24.6 Å². The molecule has 0 unspecified atom stereocenters. The molecule has 1 saturated heterocycles. The molecule has 0 amide bonds. The third-order valence-electron chi connectivity index (χ3n) is 4.04. The third-order valence-corrected chi connectivity index (χ3v) is 6.75. The molecule has 1 N–H and O–H groups in total. The molecule has 1 aliphatic carbocycles. The van der Waals surface area contributed by atoms with Gasteiger partial charge in [-0.15, -0.1) is 11.3 Å². The zero-order valence-corrected chi connectivity index (χ0v) is 13.5. The second-order valence-electron chi connectivity index (χ2n) is 5.88. The molecule has 112 valence electrons. The highest BCUT2D eigenvalue weighted by Gasteiger charge is 2.23. The van der Waals surface area contributed by atoms with Gasteiger partial charge in [-0.3, -0.25) is 4.90 Å². The summed E-state index contributed by atoms with van der Waals surface area (Å²) in [7, 11) is -2.77. The summed E-state index contributed by atoms with van der Waals surface area (Å²) in [6, 6.07) is 3.03. The summed E-state index contributed by atoms with van der Waals surface area (Å²) in [5, 5.41) is 3.55. The molecular weight excluding hydrogens is 292 g/mol. The molecule has 1 aromatic rings. The second-order valence-corrected chi connectivity index (χ2v) is 9.52. The Morgan fingerprint density at radius 2 is 2.05 bits per heavy atom. The fourth-order valence-corrected chi connectivity index (χ4v) is 4.79. The first kappa shape index (κ1) is 14.5. The molecule has 4 nitrogen and oxygen atoms in total. The van der Waals surface area contributed by atoms with E-state index in [9.17, 15) is 8.42 Å². The Labute approximate surface area is 125 Å². The van der Waals surface area contributed by atoms with Gasteiger partial charge in [0.1, 0.15) is 0 Å². The zero-order chi connectivity index (χ0) is 14.2. The minimum atomic E-state index is -2.77. The van der Waals surface area contributed by atoms with Crippen LogP contribution >= 0.6 is 11.3 Å². The Balaban J connectivity index is 1.56. The van der Waals surface area contributed by atoms with Crippen LogP contribution in [0.2, 0.25) is 0 Å². The molecule has 0 aromatic carbocycles. The largest absolute Gasteiger partial charge is 0.309 e. The fraction of sp³-hybridized carbons (Fsp3) is 0.714. The van der Waals surface area contributed by atoms with Gasteiger partial charge in [-0.25, -0.2) is 8.42 Å². The predicted octanol–water partition coefficient (Wildman–Crippen LogP) is 1.54. The van der Waals surface area contributed by atoms with E-state index in [-0.39, 0.29) is 0 Å². The van der Waals surface area contributed by atoms with Crippen molar-refractivity contribution < 1.29 is 8.42 Å². The Bertz CT molecular complexity index is 562. The van der Waals surface area contributed by atoms with Crippen molar-refractivity contribution in [1.82, 2.24) is 10.2 Å². The first-order valence-electron chi connectivity index (χ1n) is 7.26. The van der Waals surface area contributed by atoms with Crippen LogP contribution in [0.5, 0.6) is 0 Å². The molecule has 0 spiro atoms. The number of hydrogen-bond donors (Lipinski definition) is 1. The average molecular weight is 314 g/mol. The van der Waals surface area contributed by atoms with Gasteiger partial charge in [0.2, 0.25) is 0 Å². The second kappa shape index (κ2) is 5.75. The van der Waals surface area contributed by atoms with Gasteiger partial charge in [0.05, 0.1) is 11.5 Å². The van der Waals surface area contributed by atoms with Crippen LogP contribution in [0.4, 0.5) is 0 Å². The molecule has 2 aliphatic rings. The van der Waals surface area contributed by atoms with Gasteiger partial charge in [-0.2, -0.15) is 0 Å². The predicted molar refractivity (Wildman–Crippen MR) is 82.8 cm³/mol. The van der Waals surface area contributed by atoms with Crippen molar-refractivity contribution in [2.45, 2.75) is 38.9 Å². The maximum Gasteiger partial charge on any atom is 0.152 e. The minimum absolute atomic E-state index is 0.312. The van der Waals surface area contributed by atoms with Crippen molar-refractivity contribution in [2.24, 2.45) is 0 Å². The normalized spacial score (nSPS) is 23.1. The smallest absolute Gasteiger partial charge is 0.152 e. The number of nitrogens with one attached hydrogen (secondary N) is 1. The lowest BCUT2D eigenvalue weighted by molar-refractivity contribution is 0.287. The number of thiophene rings is 1. The van der Waals surface area contributed by atoms with Gasteiger partial charge < -0.3 is 5.32 Å². The van der Waals surface area contributed by atoms with Crippen molar-refractivity contribution in [3.8, 4) is 0 Å². The van der Waals surface area contributed by atoms with Gasteiger partial charge >= 0.3 is 0 Å². The topological polar surface area (TPSA) is 49.4 Å². The number of sulfone groups is 1. The van der Waals surface area contributed by atoms with Crippen LogP contribution in [-0.4, -0.2) is 44.0 Å². The van der Waals surface area contributed by atoms with Gasteiger partial charge in [-0.05, 0) is 31.4 Å². The van der Waals surface area contributed by atoms with Crippen molar-refractivity contribution in [3.05, 3.63) is 21.4 Å². The number of hydrogen-bond acceptors (Lipinski definition) is 5.